The van der Waals surface area contributed by atoms with Crippen molar-refractivity contribution >= 4 is 39.6 Å². The Balaban J connectivity index is 2.08. The van der Waals surface area contributed by atoms with Gasteiger partial charge in [0.05, 0.1) is 6.04 Å². The number of ether oxygens (including phenoxy) is 1. The highest BCUT2D eigenvalue weighted by Crippen LogP contribution is 2.20. The molecule has 1 aliphatic rings. The van der Waals surface area contributed by atoms with Crippen LogP contribution in [0.15, 0.2) is 24.3 Å². The predicted molar refractivity (Wildman–Crippen MR) is 123 cm³/mol. The molecule has 0 aliphatic carbocycles. The maximum atomic E-state index is 12.9. The molecule has 0 unspecified atom stereocenters. The molecule has 0 spiro atoms. The summed E-state index contributed by atoms with van der Waals surface area (Å²) < 4.78 is 37.5. The Kier molecular flexibility index (Phi) is 10.1. The molecular formula is C21H30ClN3O8S. The van der Waals surface area contributed by atoms with Crippen molar-refractivity contribution in [3.63, 3.8) is 0 Å². The summed E-state index contributed by atoms with van der Waals surface area (Å²) in [5.74, 6) is -1.84. The van der Waals surface area contributed by atoms with Gasteiger partial charge in [0.15, 0.2) is 0 Å². The average Bonchev–Trinajstić information content (AvgIpc) is 3.14. The van der Waals surface area contributed by atoms with E-state index in [9.17, 15) is 32.5 Å². The first-order valence-corrected chi connectivity index (χ1v) is 12.6. The molecule has 13 heteroatoms. The lowest BCUT2D eigenvalue weighted by Crippen LogP contribution is -2.54. The third kappa shape index (κ3) is 8.75. The first-order valence-electron chi connectivity index (χ1n) is 10.8. The molecule has 0 radical (unpaired) electrons. The number of carbonyl (C=O) groups is 3. The highest BCUT2D eigenvalue weighted by atomic mass is 35.5. The number of benzene rings is 1. The van der Waals surface area contributed by atoms with E-state index >= 15 is 0 Å². The average molecular weight is 520 g/mol. The first kappa shape index (κ1) is 27.8. The summed E-state index contributed by atoms with van der Waals surface area (Å²) in [6, 6.07) is 4.08. The van der Waals surface area contributed by atoms with E-state index < -0.39 is 45.6 Å². The van der Waals surface area contributed by atoms with Crippen LogP contribution in [-0.2, 0) is 31.1 Å². The molecule has 0 saturated carbocycles. The van der Waals surface area contributed by atoms with Crippen LogP contribution < -0.4 is 16.0 Å². The van der Waals surface area contributed by atoms with Gasteiger partial charge in [-0.3, -0.25) is 14.1 Å². The van der Waals surface area contributed by atoms with Gasteiger partial charge in [-0.2, -0.15) is 8.42 Å². The molecule has 1 aromatic rings. The number of aliphatic hydroxyl groups excluding tert-OH is 1. The Morgan fingerprint density at radius 1 is 1.29 bits per heavy atom. The zero-order chi connectivity index (χ0) is 25.5. The highest BCUT2D eigenvalue weighted by Gasteiger charge is 2.37. The van der Waals surface area contributed by atoms with Gasteiger partial charge in [0.2, 0.25) is 17.3 Å². The number of rotatable bonds is 11. The molecule has 3 amide bonds. The molecular weight excluding hydrogens is 490 g/mol. The van der Waals surface area contributed by atoms with Crippen molar-refractivity contribution in [1.82, 2.24) is 16.0 Å². The number of carbonyl (C=O) groups excluding carboxylic acids is 3. The zero-order valence-electron chi connectivity index (χ0n) is 18.9. The number of nitrogens with one attached hydrogen (secondary N) is 3. The van der Waals surface area contributed by atoms with Crippen LogP contribution in [0.2, 0.25) is 5.02 Å². The second kappa shape index (κ2) is 12.3. The van der Waals surface area contributed by atoms with Gasteiger partial charge in [-0.25, -0.2) is 4.79 Å². The van der Waals surface area contributed by atoms with Crippen molar-refractivity contribution in [3.05, 3.63) is 34.9 Å². The summed E-state index contributed by atoms with van der Waals surface area (Å²) in [6.45, 7) is 3.91. The lowest BCUT2D eigenvalue weighted by atomic mass is 9.97. The van der Waals surface area contributed by atoms with Gasteiger partial charge in [-0.1, -0.05) is 37.6 Å². The number of hydrogen-bond acceptors (Lipinski definition) is 7. The second-order valence-corrected chi connectivity index (χ2v) is 10.5. The van der Waals surface area contributed by atoms with E-state index in [1.165, 1.54) is 0 Å². The van der Waals surface area contributed by atoms with E-state index in [1.807, 2.05) is 13.8 Å². The standard InChI is InChI=1S/C21H30ClN3O8S/c1-12(2)8-16(25-21(29)33-11-13-4-3-5-15(22)9-13)19(27)24-17(20(28)34(30,31)32)10-14-6-7-23-18(14)26/h3-5,9,12,14,16-17,20,28H,6-8,10-11H2,1-2H3,(H,23,26)(H,24,27)(H,25,29)(H,30,31,32)/t14-,16-,17-,20-/m0/s1. The number of amides is 3. The van der Waals surface area contributed by atoms with E-state index in [1.54, 1.807) is 24.3 Å². The molecule has 11 nitrogen and oxygen atoms in total. The van der Waals surface area contributed by atoms with Crippen molar-refractivity contribution in [2.24, 2.45) is 11.8 Å². The van der Waals surface area contributed by atoms with Crippen molar-refractivity contribution in [3.8, 4) is 0 Å². The molecule has 0 bridgehead atoms. The smallest absolute Gasteiger partial charge is 0.408 e. The number of hydrogen-bond donors (Lipinski definition) is 5. The van der Waals surface area contributed by atoms with Crippen molar-refractivity contribution in [2.75, 3.05) is 6.54 Å². The van der Waals surface area contributed by atoms with Crippen molar-refractivity contribution < 1.29 is 37.2 Å². The maximum Gasteiger partial charge on any atom is 0.408 e. The van der Waals surface area contributed by atoms with E-state index in [4.69, 9.17) is 16.3 Å². The van der Waals surface area contributed by atoms with Crippen LogP contribution in [0, 0.1) is 11.8 Å². The summed E-state index contributed by atoms with van der Waals surface area (Å²) in [6.07, 6.45) is -0.543. The van der Waals surface area contributed by atoms with Gasteiger partial charge in [-0.15, -0.1) is 0 Å². The van der Waals surface area contributed by atoms with Gasteiger partial charge in [0, 0.05) is 17.5 Å². The van der Waals surface area contributed by atoms with E-state index in [-0.39, 0.29) is 31.3 Å². The highest BCUT2D eigenvalue weighted by molar-refractivity contribution is 7.86. The van der Waals surface area contributed by atoms with Crippen LogP contribution in [0.1, 0.15) is 38.7 Å². The Bertz CT molecular complexity index is 988. The van der Waals surface area contributed by atoms with Crippen LogP contribution in [0.4, 0.5) is 4.79 Å². The third-order valence-corrected chi connectivity index (χ3v) is 6.43. The Morgan fingerprint density at radius 3 is 2.56 bits per heavy atom. The normalized spacial score (nSPS) is 18.6. The Hall–Kier alpha value is -2.41. The van der Waals surface area contributed by atoms with Gasteiger partial charge in [0.1, 0.15) is 12.6 Å². The van der Waals surface area contributed by atoms with Gasteiger partial charge < -0.3 is 25.8 Å². The van der Waals surface area contributed by atoms with Crippen molar-refractivity contribution in [2.45, 2.75) is 57.2 Å². The van der Waals surface area contributed by atoms with Crippen LogP contribution in [0.25, 0.3) is 0 Å². The maximum absolute atomic E-state index is 12.9. The zero-order valence-corrected chi connectivity index (χ0v) is 20.4. The molecule has 34 heavy (non-hydrogen) atoms. The minimum Gasteiger partial charge on any atom is -0.445 e. The monoisotopic (exact) mass is 519 g/mol. The fourth-order valence-electron chi connectivity index (χ4n) is 3.58. The van der Waals surface area contributed by atoms with Crippen LogP contribution in [0.5, 0.6) is 0 Å². The van der Waals surface area contributed by atoms with Crippen LogP contribution in [0.3, 0.4) is 0 Å². The molecule has 1 fully saturated rings. The molecule has 0 aromatic heterocycles. The molecule has 5 N–H and O–H groups in total. The minimum atomic E-state index is -4.94. The molecule has 1 heterocycles. The topological polar surface area (TPSA) is 171 Å². The summed E-state index contributed by atoms with van der Waals surface area (Å²) in [5.41, 5.74) is -1.71. The molecule has 190 valence electrons. The van der Waals surface area contributed by atoms with Crippen LogP contribution >= 0.6 is 11.6 Å². The quantitative estimate of drug-likeness (QED) is 0.271. The Morgan fingerprint density at radius 2 is 2.00 bits per heavy atom. The van der Waals surface area contributed by atoms with E-state index in [0.717, 1.165) is 0 Å². The molecule has 1 aromatic carbocycles. The van der Waals surface area contributed by atoms with E-state index in [0.29, 0.717) is 23.6 Å². The lowest BCUT2D eigenvalue weighted by Gasteiger charge is -2.27. The molecule has 4 atom stereocenters. The predicted octanol–water partition coefficient (Wildman–Crippen LogP) is 1.20. The first-order chi connectivity index (χ1) is 15.9. The fourth-order valence-corrected chi connectivity index (χ4v) is 4.38. The molecule has 1 saturated heterocycles. The van der Waals surface area contributed by atoms with Crippen LogP contribution in [-0.4, -0.2) is 60.0 Å². The van der Waals surface area contributed by atoms with Gasteiger partial charge >= 0.3 is 6.09 Å². The summed E-state index contributed by atoms with van der Waals surface area (Å²) in [5, 5.41) is 18.0. The summed E-state index contributed by atoms with van der Waals surface area (Å²) in [7, 11) is -4.94. The lowest BCUT2D eigenvalue weighted by molar-refractivity contribution is -0.126. The Labute approximate surface area is 203 Å². The second-order valence-electron chi connectivity index (χ2n) is 8.57. The third-order valence-electron chi connectivity index (χ3n) is 5.25. The van der Waals surface area contributed by atoms with Crippen molar-refractivity contribution in [1.29, 1.82) is 0 Å². The number of alkyl carbamates (subject to hydrolysis) is 1. The molecule has 1 aliphatic heterocycles. The minimum absolute atomic E-state index is 0.0467. The number of halogens is 1. The number of aliphatic hydroxyl groups is 1. The summed E-state index contributed by atoms with van der Waals surface area (Å²) in [4.78, 5) is 37.2. The molecule has 2 rings (SSSR count). The largest absolute Gasteiger partial charge is 0.445 e. The summed E-state index contributed by atoms with van der Waals surface area (Å²) >= 11 is 5.90. The SMILES string of the molecule is CC(C)C[C@H](NC(=O)OCc1cccc(Cl)c1)C(=O)N[C@@H](C[C@@H]1CCNC1=O)[C@@H](O)S(=O)(=O)O. The van der Waals surface area contributed by atoms with Gasteiger partial charge in [-0.05, 0) is 42.9 Å². The van der Waals surface area contributed by atoms with E-state index in [2.05, 4.69) is 16.0 Å². The fraction of sp³-hybridized carbons (Fsp3) is 0.571. The van der Waals surface area contributed by atoms with Gasteiger partial charge in [0.25, 0.3) is 10.1 Å².